The summed E-state index contributed by atoms with van der Waals surface area (Å²) in [6, 6.07) is 5.77. The highest BCUT2D eigenvalue weighted by atomic mass is 15.4. The Kier molecular flexibility index (Phi) is 3.33. The molecule has 7 heteroatoms. The average molecular weight is 257 g/mol. The Balaban J connectivity index is 2.50. The van der Waals surface area contributed by atoms with E-state index >= 15 is 0 Å². The van der Waals surface area contributed by atoms with Crippen LogP contribution in [-0.2, 0) is 0 Å². The third-order valence-corrected chi connectivity index (χ3v) is 2.46. The topological polar surface area (TPSA) is 105 Å². The van der Waals surface area contributed by atoms with Gasteiger partial charge in [0.25, 0.3) is 0 Å². The van der Waals surface area contributed by atoms with Crippen LogP contribution in [0.4, 0.5) is 11.6 Å². The van der Waals surface area contributed by atoms with Crippen LogP contribution in [0.25, 0.3) is 5.82 Å². The third kappa shape index (κ3) is 2.47. The zero-order valence-corrected chi connectivity index (χ0v) is 11.0. The summed E-state index contributed by atoms with van der Waals surface area (Å²) in [5, 5.41) is 24.5. The fraction of sp³-hybridized carbons (Fsp3) is 0.333. The molecule has 0 aliphatic heterocycles. The van der Waals surface area contributed by atoms with Gasteiger partial charge in [0, 0.05) is 6.04 Å². The molecule has 2 aromatic rings. The molecule has 0 aliphatic carbocycles. The van der Waals surface area contributed by atoms with Crippen molar-refractivity contribution in [1.29, 1.82) is 5.26 Å². The summed E-state index contributed by atoms with van der Waals surface area (Å²) >= 11 is 0. The Bertz CT molecular complexity index is 619. The molecule has 98 valence electrons. The fourth-order valence-corrected chi connectivity index (χ4v) is 1.60. The highest BCUT2D eigenvalue weighted by Gasteiger charge is 2.17. The van der Waals surface area contributed by atoms with Gasteiger partial charge in [0.2, 0.25) is 0 Å². The quantitative estimate of drug-likeness (QED) is 0.857. The molecule has 0 aromatic carbocycles. The maximum absolute atomic E-state index is 9.16. The molecule has 0 radical (unpaired) electrons. The molecule has 7 nitrogen and oxygen atoms in total. The van der Waals surface area contributed by atoms with Gasteiger partial charge in [-0.05, 0) is 32.9 Å². The number of nitrogens with two attached hydrogens (primary N) is 1. The number of nitrogens with zero attached hydrogens (tertiary/aromatic N) is 5. The molecule has 0 aliphatic rings. The van der Waals surface area contributed by atoms with Gasteiger partial charge in [-0.2, -0.15) is 15.0 Å². The van der Waals surface area contributed by atoms with Crippen molar-refractivity contribution in [3.8, 4) is 11.9 Å². The van der Waals surface area contributed by atoms with E-state index in [1.807, 2.05) is 26.8 Å². The van der Waals surface area contributed by atoms with E-state index in [9.17, 15) is 0 Å². The van der Waals surface area contributed by atoms with E-state index in [2.05, 4.69) is 26.7 Å². The maximum atomic E-state index is 9.16. The highest BCUT2D eigenvalue weighted by Crippen LogP contribution is 2.23. The summed E-state index contributed by atoms with van der Waals surface area (Å²) in [6.07, 6.45) is 0. The molecule has 0 bridgehead atoms. The lowest BCUT2D eigenvalue weighted by molar-refractivity contribution is 0.804. The van der Waals surface area contributed by atoms with Crippen molar-refractivity contribution in [2.45, 2.75) is 26.8 Å². The maximum Gasteiger partial charge on any atom is 0.178 e. The normalized spacial score (nSPS) is 10.5. The van der Waals surface area contributed by atoms with Gasteiger partial charge in [-0.25, -0.2) is 0 Å². The first-order chi connectivity index (χ1) is 9.02. The number of aromatic nitrogens is 4. The zero-order chi connectivity index (χ0) is 14.0. The van der Waals surface area contributed by atoms with E-state index in [0.29, 0.717) is 17.2 Å². The molecule has 0 fully saturated rings. The minimum absolute atomic E-state index is 0.152. The van der Waals surface area contributed by atoms with Gasteiger partial charge >= 0.3 is 0 Å². The van der Waals surface area contributed by atoms with Crippen molar-refractivity contribution in [2.24, 2.45) is 0 Å². The third-order valence-electron chi connectivity index (χ3n) is 2.46. The van der Waals surface area contributed by atoms with E-state index < -0.39 is 0 Å². The standard InChI is InChI=1S/C12H15N7/c1-7(2)15-12-9(6-13)11(14)19(18-12)10-5-4-8(3)16-17-10/h4-5,7H,14H2,1-3H3,(H,15,18). The number of anilines is 2. The molecule has 0 spiro atoms. The number of nitrogen functional groups attached to an aromatic ring is 1. The Morgan fingerprint density at radius 2 is 2.11 bits per heavy atom. The van der Waals surface area contributed by atoms with E-state index in [-0.39, 0.29) is 11.9 Å². The SMILES string of the molecule is Cc1ccc(-n2nc(NC(C)C)c(C#N)c2N)nn1. The van der Waals surface area contributed by atoms with Crippen molar-refractivity contribution >= 4 is 11.6 Å². The van der Waals surface area contributed by atoms with Crippen LogP contribution in [-0.4, -0.2) is 26.0 Å². The first-order valence-electron chi connectivity index (χ1n) is 5.88. The van der Waals surface area contributed by atoms with Crippen LogP contribution in [0.5, 0.6) is 0 Å². The summed E-state index contributed by atoms with van der Waals surface area (Å²) in [5.74, 6) is 1.19. The summed E-state index contributed by atoms with van der Waals surface area (Å²) in [7, 11) is 0. The molecule has 2 heterocycles. The molecule has 3 N–H and O–H groups in total. The lowest BCUT2D eigenvalue weighted by Gasteiger charge is -2.05. The van der Waals surface area contributed by atoms with Crippen LogP contribution >= 0.6 is 0 Å². The van der Waals surface area contributed by atoms with E-state index in [1.54, 1.807) is 6.07 Å². The second kappa shape index (κ2) is 4.94. The average Bonchev–Trinajstić information content (AvgIpc) is 2.66. The number of nitriles is 1. The zero-order valence-electron chi connectivity index (χ0n) is 11.0. The molecule has 0 atom stereocenters. The minimum atomic E-state index is 0.152. The second-order valence-electron chi connectivity index (χ2n) is 4.46. The van der Waals surface area contributed by atoms with Crippen molar-refractivity contribution < 1.29 is 0 Å². The Morgan fingerprint density at radius 1 is 1.37 bits per heavy atom. The van der Waals surface area contributed by atoms with Crippen LogP contribution in [0, 0.1) is 18.3 Å². The van der Waals surface area contributed by atoms with Crippen LogP contribution in [0.1, 0.15) is 25.1 Å². The number of aryl methyl sites for hydroxylation is 1. The van der Waals surface area contributed by atoms with E-state index in [1.165, 1.54) is 4.68 Å². The smallest absolute Gasteiger partial charge is 0.178 e. The molecular formula is C12H15N7. The summed E-state index contributed by atoms with van der Waals surface area (Å²) in [5.41, 5.74) is 7.05. The lowest BCUT2D eigenvalue weighted by atomic mass is 10.3. The predicted octanol–water partition coefficient (Wildman–Crippen LogP) is 1.24. The van der Waals surface area contributed by atoms with E-state index in [4.69, 9.17) is 11.0 Å². The van der Waals surface area contributed by atoms with Crippen molar-refractivity contribution in [3.05, 3.63) is 23.4 Å². The largest absolute Gasteiger partial charge is 0.382 e. The Hall–Kier alpha value is -2.62. The van der Waals surface area contributed by atoms with Gasteiger partial charge in [-0.1, -0.05) is 0 Å². The van der Waals surface area contributed by atoms with Gasteiger partial charge in [0.15, 0.2) is 11.6 Å². The van der Waals surface area contributed by atoms with Crippen LogP contribution in [0.15, 0.2) is 12.1 Å². The molecular weight excluding hydrogens is 242 g/mol. The molecule has 0 unspecified atom stereocenters. The van der Waals surface area contributed by atoms with Gasteiger partial charge < -0.3 is 11.1 Å². The lowest BCUT2D eigenvalue weighted by Crippen LogP contribution is -2.11. The molecule has 0 saturated heterocycles. The monoisotopic (exact) mass is 257 g/mol. The van der Waals surface area contributed by atoms with Gasteiger partial charge in [0.05, 0.1) is 5.69 Å². The number of rotatable bonds is 3. The van der Waals surface area contributed by atoms with E-state index in [0.717, 1.165) is 5.69 Å². The molecule has 2 aromatic heterocycles. The molecule has 19 heavy (non-hydrogen) atoms. The summed E-state index contributed by atoms with van der Waals surface area (Å²) in [4.78, 5) is 0. The molecule has 0 saturated carbocycles. The van der Waals surface area contributed by atoms with Crippen LogP contribution < -0.4 is 11.1 Å². The first-order valence-corrected chi connectivity index (χ1v) is 5.88. The minimum Gasteiger partial charge on any atom is -0.382 e. The summed E-state index contributed by atoms with van der Waals surface area (Å²) < 4.78 is 1.41. The highest BCUT2D eigenvalue weighted by molar-refractivity contribution is 5.65. The predicted molar refractivity (Wildman–Crippen MR) is 71.8 cm³/mol. The Labute approximate surface area is 111 Å². The van der Waals surface area contributed by atoms with Gasteiger partial charge in [-0.15, -0.1) is 10.2 Å². The first kappa shape index (κ1) is 12.8. The fourth-order valence-electron chi connectivity index (χ4n) is 1.60. The van der Waals surface area contributed by atoms with Gasteiger partial charge in [-0.3, -0.25) is 0 Å². The number of hydrogen-bond acceptors (Lipinski definition) is 6. The summed E-state index contributed by atoms with van der Waals surface area (Å²) in [6.45, 7) is 5.76. The second-order valence-corrected chi connectivity index (χ2v) is 4.46. The van der Waals surface area contributed by atoms with Crippen molar-refractivity contribution in [1.82, 2.24) is 20.0 Å². The van der Waals surface area contributed by atoms with Crippen molar-refractivity contribution in [2.75, 3.05) is 11.1 Å². The molecule has 2 rings (SSSR count). The van der Waals surface area contributed by atoms with Crippen LogP contribution in [0.2, 0.25) is 0 Å². The number of hydrogen-bond donors (Lipinski definition) is 2. The molecule has 0 amide bonds. The van der Waals surface area contributed by atoms with Crippen molar-refractivity contribution in [3.63, 3.8) is 0 Å². The van der Waals surface area contributed by atoms with Crippen LogP contribution in [0.3, 0.4) is 0 Å². The Morgan fingerprint density at radius 3 is 2.63 bits per heavy atom. The number of nitrogens with one attached hydrogen (secondary N) is 1. The van der Waals surface area contributed by atoms with Gasteiger partial charge in [0.1, 0.15) is 17.5 Å².